The van der Waals surface area contributed by atoms with Gasteiger partial charge in [0.15, 0.2) is 0 Å². The van der Waals surface area contributed by atoms with Gasteiger partial charge in [-0.15, -0.1) is 0 Å². The van der Waals surface area contributed by atoms with Gasteiger partial charge in [-0.3, -0.25) is 4.84 Å². The molecule has 0 bridgehead atoms. The van der Waals surface area contributed by atoms with Gasteiger partial charge >= 0.3 is 0 Å². The molecular weight excluding hydrogens is 149 g/mol. The highest BCUT2D eigenvalue weighted by Crippen LogP contribution is 2.20. The topological polar surface area (TPSA) is 87.3 Å². The molecule has 1 saturated carbocycles. The van der Waals surface area contributed by atoms with Crippen LogP contribution in [0.15, 0.2) is 0 Å². The molecule has 1 aliphatic carbocycles. The smallest absolute Gasteiger partial charge is 0.118 e. The molecule has 4 nitrogen and oxygen atoms in total. The first kappa shape index (κ1) is 8.86. The van der Waals surface area contributed by atoms with Crippen LogP contribution in [-0.4, -0.2) is 24.4 Å². The summed E-state index contributed by atoms with van der Waals surface area (Å²) < 4.78 is 12.9. The SMILES string of the molecule is NO[C@H]1CC(F)C(N)CC1N. The Bertz CT molecular complexity index is 135. The third kappa shape index (κ3) is 1.87. The monoisotopic (exact) mass is 163 g/mol. The largest absolute Gasteiger partial charge is 0.325 e. The lowest BCUT2D eigenvalue weighted by Crippen LogP contribution is -2.52. The molecule has 0 amide bonds. The van der Waals surface area contributed by atoms with E-state index in [0.717, 1.165) is 0 Å². The third-order valence-electron chi connectivity index (χ3n) is 2.12. The molecule has 4 atom stereocenters. The maximum Gasteiger partial charge on any atom is 0.118 e. The Hall–Kier alpha value is -0.230. The van der Waals surface area contributed by atoms with E-state index < -0.39 is 12.2 Å². The van der Waals surface area contributed by atoms with Crippen LogP contribution in [0, 0.1) is 0 Å². The van der Waals surface area contributed by atoms with Gasteiger partial charge in [0.25, 0.3) is 0 Å². The molecule has 0 aliphatic heterocycles. The van der Waals surface area contributed by atoms with Crippen molar-refractivity contribution < 1.29 is 9.23 Å². The molecule has 0 aromatic rings. The molecule has 0 aromatic carbocycles. The Balaban J connectivity index is 2.48. The van der Waals surface area contributed by atoms with Gasteiger partial charge in [-0.05, 0) is 6.42 Å². The lowest BCUT2D eigenvalue weighted by atomic mass is 9.88. The van der Waals surface area contributed by atoms with Crippen LogP contribution < -0.4 is 17.4 Å². The van der Waals surface area contributed by atoms with Gasteiger partial charge in [0.1, 0.15) is 6.17 Å². The van der Waals surface area contributed by atoms with Gasteiger partial charge < -0.3 is 11.5 Å². The zero-order valence-electron chi connectivity index (χ0n) is 6.24. The van der Waals surface area contributed by atoms with Crippen molar-refractivity contribution in [2.75, 3.05) is 0 Å². The van der Waals surface area contributed by atoms with E-state index in [9.17, 15) is 4.39 Å². The molecule has 1 fully saturated rings. The van der Waals surface area contributed by atoms with Crippen molar-refractivity contribution >= 4 is 0 Å². The summed E-state index contributed by atoms with van der Waals surface area (Å²) >= 11 is 0. The summed E-state index contributed by atoms with van der Waals surface area (Å²) in [5.41, 5.74) is 11.0. The van der Waals surface area contributed by atoms with E-state index in [1.54, 1.807) is 0 Å². The van der Waals surface area contributed by atoms with Crippen LogP contribution in [0.3, 0.4) is 0 Å². The standard InChI is InChI=1S/C6H14FN3O/c7-3-1-6(11-10)5(9)2-4(3)8/h3-6H,1-2,8-10H2/t3?,4?,5?,6-/m0/s1. The highest BCUT2D eigenvalue weighted by Gasteiger charge is 2.33. The Morgan fingerprint density at radius 3 is 2.36 bits per heavy atom. The van der Waals surface area contributed by atoms with Crippen molar-refractivity contribution in [1.29, 1.82) is 0 Å². The summed E-state index contributed by atoms with van der Waals surface area (Å²) in [6, 6.07) is -0.696. The van der Waals surface area contributed by atoms with Crippen molar-refractivity contribution in [3.8, 4) is 0 Å². The van der Waals surface area contributed by atoms with Crippen LogP contribution >= 0.6 is 0 Å². The van der Waals surface area contributed by atoms with E-state index in [4.69, 9.17) is 17.4 Å². The van der Waals surface area contributed by atoms with E-state index in [-0.39, 0.29) is 18.6 Å². The minimum absolute atomic E-state index is 0.207. The van der Waals surface area contributed by atoms with Crippen molar-refractivity contribution in [2.24, 2.45) is 17.4 Å². The van der Waals surface area contributed by atoms with E-state index in [1.165, 1.54) is 0 Å². The Morgan fingerprint density at radius 1 is 1.18 bits per heavy atom. The molecule has 5 heteroatoms. The average molecular weight is 163 g/mol. The predicted octanol–water partition coefficient (Wildman–Crippen LogP) is -0.968. The number of halogens is 1. The van der Waals surface area contributed by atoms with Gasteiger partial charge in [-0.2, -0.15) is 0 Å². The van der Waals surface area contributed by atoms with Gasteiger partial charge in [-0.25, -0.2) is 10.3 Å². The Kier molecular flexibility index (Phi) is 2.78. The summed E-state index contributed by atoms with van der Waals surface area (Å²) in [4.78, 5) is 4.50. The van der Waals surface area contributed by atoms with Gasteiger partial charge in [0.05, 0.1) is 6.10 Å². The second kappa shape index (κ2) is 3.44. The first-order chi connectivity index (χ1) is 5.15. The van der Waals surface area contributed by atoms with Gasteiger partial charge in [0.2, 0.25) is 0 Å². The van der Waals surface area contributed by atoms with Crippen LogP contribution in [0.25, 0.3) is 0 Å². The molecule has 0 radical (unpaired) electrons. The fraction of sp³-hybridized carbons (Fsp3) is 1.00. The first-order valence-corrected chi connectivity index (χ1v) is 3.66. The number of hydrogen-bond acceptors (Lipinski definition) is 4. The zero-order valence-corrected chi connectivity index (χ0v) is 6.24. The van der Waals surface area contributed by atoms with Crippen LogP contribution in [0.2, 0.25) is 0 Å². The predicted molar refractivity (Wildman–Crippen MR) is 39.1 cm³/mol. The molecule has 0 saturated heterocycles. The Labute approximate surface area is 64.8 Å². The maximum absolute atomic E-state index is 12.9. The number of nitrogens with two attached hydrogens (primary N) is 3. The van der Waals surface area contributed by atoms with Crippen molar-refractivity contribution in [1.82, 2.24) is 0 Å². The summed E-state index contributed by atoms with van der Waals surface area (Å²) in [6.07, 6.45) is -0.782. The zero-order chi connectivity index (χ0) is 8.43. The summed E-state index contributed by atoms with van der Waals surface area (Å²) in [5, 5.41) is 0. The lowest BCUT2D eigenvalue weighted by Gasteiger charge is -2.32. The number of rotatable bonds is 1. The fourth-order valence-corrected chi connectivity index (χ4v) is 1.34. The number of hydrogen-bond donors (Lipinski definition) is 3. The molecule has 1 rings (SSSR count). The van der Waals surface area contributed by atoms with Crippen molar-refractivity contribution in [2.45, 2.75) is 37.2 Å². The van der Waals surface area contributed by atoms with Gasteiger partial charge in [0, 0.05) is 18.5 Å². The van der Waals surface area contributed by atoms with E-state index in [0.29, 0.717) is 6.42 Å². The second-order valence-corrected chi connectivity index (χ2v) is 2.99. The maximum atomic E-state index is 12.9. The van der Waals surface area contributed by atoms with Crippen LogP contribution in [0.1, 0.15) is 12.8 Å². The lowest BCUT2D eigenvalue weighted by molar-refractivity contribution is -0.0137. The highest BCUT2D eigenvalue weighted by molar-refractivity contribution is 4.90. The fourth-order valence-electron chi connectivity index (χ4n) is 1.34. The summed E-state index contributed by atoms with van der Waals surface area (Å²) in [5.74, 6) is 4.91. The molecule has 0 aromatic heterocycles. The van der Waals surface area contributed by atoms with Gasteiger partial charge in [-0.1, -0.05) is 0 Å². The molecule has 66 valence electrons. The molecule has 6 N–H and O–H groups in total. The minimum atomic E-state index is -1.04. The molecule has 3 unspecified atom stereocenters. The quantitative estimate of drug-likeness (QED) is 0.434. The number of alkyl halides is 1. The highest BCUT2D eigenvalue weighted by atomic mass is 19.1. The molecular formula is C6H14FN3O. The van der Waals surface area contributed by atoms with Crippen LogP contribution in [0.4, 0.5) is 4.39 Å². The molecule has 0 spiro atoms. The second-order valence-electron chi connectivity index (χ2n) is 2.99. The molecule has 0 heterocycles. The van der Waals surface area contributed by atoms with Crippen molar-refractivity contribution in [3.05, 3.63) is 0 Å². The van der Waals surface area contributed by atoms with E-state index >= 15 is 0 Å². The summed E-state index contributed by atoms with van der Waals surface area (Å²) in [6.45, 7) is 0. The van der Waals surface area contributed by atoms with Crippen LogP contribution in [-0.2, 0) is 4.84 Å². The average Bonchev–Trinajstić information content (AvgIpc) is 1.97. The van der Waals surface area contributed by atoms with Crippen molar-refractivity contribution in [3.63, 3.8) is 0 Å². The first-order valence-electron chi connectivity index (χ1n) is 3.66. The summed E-state index contributed by atoms with van der Waals surface area (Å²) in [7, 11) is 0. The van der Waals surface area contributed by atoms with E-state index in [2.05, 4.69) is 4.84 Å². The Morgan fingerprint density at radius 2 is 1.82 bits per heavy atom. The normalized spacial score (nSPS) is 45.8. The van der Waals surface area contributed by atoms with Crippen LogP contribution in [0.5, 0.6) is 0 Å². The molecule has 1 aliphatic rings. The third-order valence-corrected chi connectivity index (χ3v) is 2.12. The minimum Gasteiger partial charge on any atom is -0.325 e. The molecule has 11 heavy (non-hydrogen) atoms. The van der Waals surface area contributed by atoms with E-state index in [1.807, 2.05) is 0 Å².